The summed E-state index contributed by atoms with van der Waals surface area (Å²) in [5, 5.41) is 22.4. The fourth-order valence-electron chi connectivity index (χ4n) is 4.15. The lowest BCUT2D eigenvalue weighted by atomic mass is 10.2. The van der Waals surface area contributed by atoms with Crippen molar-refractivity contribution in [1.29, 1.82) is 0 Å². The second-order valence-corrected chi connectivity index (χ2v) is 9.12. The van der Waals surface area contributed by atoms with Gasteiger partial charge in [0.25, 0.3) is 0 Å². The van der Waals surface area contributed by atoms with Crippen LogP contribution in [0.15, 0.2) is 40.2 Å². The van der Waals surface area contributed by atoms with E-state index in [2.05, 4.69) is 30.6 Å². The summed E-state index contributed by atoms with van der Waals surface area (Å²) in [4.78, 5) is 28.2. The molecule has 1 aliphatic heterocycles. The van der Waals surface area contributed by atoms with Crippen LogP contribution < -0.4 is 31.9 Å². The highest BCUT2D eigenvalue weighted by atomic mass is 35.5. The van der Waals surface area contributed by atoms with Crippen LogP contribution in [-0.2, 0) is 0 Å². The van der Waals surface area contributed by atoms with Gasteiger partial charge >= 0.3 is 5.69 Å². The minimum atomic E-state index is -0.494. The molecule has 12 heteroatoms. The van der Waals surface area contributed by atoms with Crippen molar-refractivity contribution in [2.45, 2.75) is 18.9 Å². The fraction of sp³-hybridized carbons (Fsp3) is 0.304. The number of piperazine rings is 1. The number of aromatic amines is 2. The minimum Gasteiger partial charge on any atom is -0.493 e. The Morgan fingerprint density at radius 2 is 2.03 bits per heavy atom. The zero-order valence-corrected chi connectivity index (χ0v) is 19.5. The molecule has 0 unspecified atom stereocenters. The predicted molar refractivity (Wildman–Crippen MR) is 133 cm³/mol. The Balaban J connectivity index is 1.39. The van der Waals surface area contributed by atoms with Gasteiger partial charge in [0.15, 0.2) is 11.1 Å². The molecule has 5 N–H and O–H groups in total. The van der Waals surface area contributed by atoms with E-state index in [1.54, 1.807) is 16.8 Å². The Morgan fingerprint density at radius 3 is 2.74 bits per heavy atom. The van der Waals surface area contributed by atoms with Crippen molar-refractivity contribution in [3.05, 3.63) is 62.4 Å². The Labute approximate surface area is 204 Å². The van der Waals surface area contributed by atoms with Crippen LogP contribution in [0.25, 0.3) is 11.7 Å². The summed E-state index contributed by atoms with van der Waals surface area (Å²) in [6.45, 7) is 3.71. The van der Waals surface area contributed by atoms with Gasteiger partial charge in [0.1, 0.15) is 11.5 Å². The Kier molecular flexibility index (Phi) is 5.42. The highest BCUT2D eigenvalue weighted by Gasteiger charge is 2.20. The third-order valence-corrected chi connectivity index (χ3v) is 6.36. The molecule has 1 aromatic carbocycles. The molecular formula is C23H24ClN9O2. The van der Waals surface area contributed by atoms with Crippen LogP contribution in [0.4, 0.5) is 17.2 Å². The van der Waals surface area contributed by atoms with Gasteiger partial charge in [0, 0.05) is 43.2 Å². The van der Waals surface area contributed by atoms with Crippen LogP contribution in [0, 0.1) is 0 Å². The number of H-pyrrole nitrogens is 2. The molecule has 1 saturated carbocycles. The highest BCUT2D eigenvalue weighted by Crippen LogP contribution is 2.30. The van der Waals surface area contributed by atoms with Gasteiger partial charge in [-0.2, -0.15) is 9.61 Å². The van der Waals surface area contributed by atoms with Gasteiger partial charge in [-0.15, -0.1) is 0 Å². The molecule has 180 valence electrons. The average Bonchev–Trinajstić information content (AvgIpc) is 3.48. The van der Waals surface area contributed by atoms with Crippen molar-refractivity contribution >= 4 is 40.5 Å². The molecule has 11 nitrogen and oxygen atoms in total. The summed E-state index contributed by atoms with van der Waals surface area (Å²) in [6.07, 6.45) is 5.34. The predicted octanol–water partition coefficient (Wildman–Crippen LogP) is 0.869. The van der Waals surface area contributed by atoms with Crippen LogP contribution in [0.3, 0.4) is 0 Å². The molecule has 0 amide bonds. The zero-order valence-electron chi connectivity index (χ0n) is 18.8. The molecule has 0 spiro atoms. The van der Waals surface area contributed by atoms with E-state index < -0.39 is 5.69 Å². The van der Waals surface area contributed by atoms with Gasteiger partial charge in [-0.3, -0.25) is 9.98 Å². The molecule has 4 aromatic rings. The standard InChI is InChI=1S/C23H24ClN9O2/c24-16-10-15(3-4-18(16)32-7-5-25-6-8-32)27-19-11-20(28-14-1-2-14)33-21(30-19)13(12-26-33)9-17-22(34)31-23(35)29-17/h3-4,9-12,14,25,27,34H,1-2,5-8H2,(H2,29,31,35). The normalized spacial score (nSPS) is 17.5. The maximum Gasteiger partial charge on any atom is 0.326 e. The number of nitrogens with one attached hydrogen (secondary N) is 4. The first-order valence-electron chi connectivity index (χ1n) is 11.5. The summed E-state index contributed by atoms with van der Waals surface area (Å²) in [7, 11) is 0. The molecule has 2 fully saturated rings. The SMILES string of the molecule is O=c1[nH]c(O)c(C=c2cnn3c(=NC4CC4)cc(Nc4ccc(N5CCNCC5)c(Cl)c4)nc23)[nH]1. The quantitative estimate of drug-likeness (QED) is 0.278. The molecule has 0 radical (unpaired) electrons. The maximum atomic E-state index is 11.5. The number of aromatic hydroxyl groups is 1. The summed E-state index contributed by atoms with van der Waals surface area (Å²) < 4.78 is 1.66. The molecule has 0 atom stereocenters. The van der Waals surface area contributed by atoms with E-state index in [9.17, 15) is 9.90 Å². The number of rotatable bonds is 5. The van der Waals surface area contributed by atoms with E-state index >= 15 is 0 Å². The number of anilines is 3. The Hall–Kier alpha value is -3.83. The van der Waals surface area contributed by atoms with Crippen molar-refractivity contribution in [3.8, 4) is 5.88 Å². The number of nitrogens with zero attached hydrogens (tertiary/aromatic N) is 5. The number of halogens is 1. The van der Waals surface area contributed by atoms with Gasteiger partial charge in [0.2, 0.25) is 5.88 Å². The third kappa shape index (κ3) is 4.47. The Bertz CT molecular complexity index is 1580. The Morgan fingerprint density at radius 1 is 1.20 bits per heavy atom. The van der Waals surface area contributed by atoms with Crippen molar-refractivity contribution in [3.63, 3.8) is 0 Å². The second kappa shape index (κ2) is 8.75. The summed E-state index contributed by atoms with van der Waals surface area (Å²) in [5.74, 6) is 0.343. The molecule has 3 aromatic heterocycles. The second-order valence-electron chi connectivity index (χ2n) is 8.71. The van der Waals surface area contributed by atoms with Crippen LogP contribution in [0.5, 0.6) is 5.88 Å². The number of fused-ring (bicyclic) bond motifs is 1. The molecule has 0 bridgehead atoms. The molecule has 35 heavy (non-hydrogen) atoms. The molecule has 2 aliphatic rings. The fourth-order valence-corrected chi connectivity index (χ4v) is 4.45. The summed E-state index contributed by atoms with van der Waals surface area (Å²) >= 11 is 6.63. The molecule has 1 aliphatic carbocycles. The van der Waals surface area contributed by atoms with Gasteiger partial charge < -0.3 is 25.6 Å². The van der Waals surface area contributed by atoms with Crippen molar-refractivity contribution in [2.24, 2.45) is 4.99 Å². The van der Waals surface area contributed by atoms with Crippen molar-refractivity contribution < 1.29 is 5.11 Å². The van der Waals surface area contributed by atoms with Gasteiger partial charge in [-0.05, 0) is 37.1 Å². The van der Waals surface area contributed by atoms with Gasteiger partial charge in [-0.25, -0.2) is 9.78 Å². The van der Waals surface area contributed by atoms with E-state index in [-0.39, 0.29) is 17.6 Å². The average molecular weight is 494 g/mol. The largest absolute Gasteiger partial charge is 0.493 e. The first-order valence-corrected chi connectivity index (χ1v) is 11.9. The summed E-state index contributed by atoms with van der Waals surface area (Å²) in [5.41, 5.74) is 2.79. The maximum absolute atomic E-state index is 11.5. The van der Waals surface area contributed by atoms with Gasteiger partial charge in [0.05, 0.1) is 22.9 Å². The van der Waals surface area contributed by atoms with E-state index in [1.165, 1.54) is 0 Å². The number of hydrogen-bond acceptors (Lipinski definition) is 8. The third-order valence-electron chi connectivity index (χ3n) is 6.05. The van der Waals surface area contributed by atoms with Crippen molar-refractivity contribution in [1.82, 2.24) is 29.9 Å². The topological polar surface area (TPSA) is 139 Å². The van der Waals surface area contributed by atoms with E-state index in [1.807, 2.05) is 24.3 Å². The van der Waals surface area contributed by atoms with E-state index in [0.29, 0.717) is 27.2 Å². The number of imidazole rings is 1. The van der Waals surface area contributed by atoms with E-state index in [0.717, 1.165) is 50.4 Å². The minimum absolute atomic E-state index is 0.245. The first-order chi connectivity index (χ1) is 17.0. The molecule has 4 heterocycles. The summed E-state index contributed by atoms with van der Waals surface area (Å²) in [6, 6.07) is 8.04. The smallest absolute Gasteiger partial charge is 0.326 e. The lowest BCUT2D eigenvalue weighted by Gasteiger charge is -2.30. The van der Waals surface area contributed by atoms with E-state index in [4.69, 9.17) is 21.6 Å². The first kappa shape index (κ1) is 21.7. The molecule has 6 rings (SSSR count). The van der Waals surface area contributed by atoms with Crippen LogP contribution >= 0.6 is 11.6 Å². The zero-order chi connectivity index (χ0) is 23.9. The lowest BCUT2D eigenvalue weighted by molar-refractivity contribution is 0.454. The highest BCUT2D eigenvalue weighted by molar-refractivity contribution is 6.33. The monoisotopic (exact) mass is 493 g/mol. The number of hydrogen-bond donors (Lipinski definition) is 5. The molecule has 1 saturated heterocycles. The number of aromatic nitrogens is 5. The van der Waals surface area contributed by atoms with Crippen LogP contribution in [0.2, 0.25) is 5.02 Å². The van der Waals surface area contributed by atoms with Crippen molar-refractivity contribution in [2.75, 3.05) is 36.4 Å². The van der Waals surface area contributed by atoms with Crippen LogP contribution in [-0.4, -0.2) is 61.9 Å². The number of benzene rings is 1. The lowest BCUT2D eigenvalue weighted by Crippen LogP contribution is -2.43. The van der Waals surface area contributed by atoms with Crippen LogP contribution in [0.1, 0.15) is 18.5 Å². The van der Waals surface area contributed by atoms with Gasteiger partial charge in [-0.1, -0.05) is 11.6 Å². The molecular weight excluding hydrogens is 470 g/mol.